The predicted molar refractivity (Wildman–Crippen MR) is 72.4 cm³/mol. The second kappa shape index (κ2) is 6.03. The van der Waals surface area contributed by atoms with E-state index in [1.807, 2.05) is 0 Å². The van der Waals surface area contributed by atoms with E-state index in [0.29, 0.717) is 12.8 Å². The zero-order valence-electron chi connectivity index (χ0n) is 8.87. The van der Waals surface area contributed by atoms with Gasteiger partial charge in [0.2, 0.25) is 0 Å². The van der Waals surface area contributed by atoms with E-state index in [2.05, 4.69) is 21.1 Å². The molecule has 1 aliphatic heterocycles. The fraction of sp³-hybridized carbons (Fsp3) is 0.909. The summed E-state index contributed by atoms with van der Waals surface area (Å²) >= 11 is 6.60. The highest BCUT2D eigenvalue weighted by Crippen LogP contribution is 2.39. The molecule has 2 rings (SSSR count). The Balaban J connectivity index is 2.07. The van der Waals surface area contributed by atoms with Gasteiger partial charge in [0.1, 0.15) is 12.3 Å². The Morgan fingerprint density at radius 3 is 2.50 bits per heavy atom. The van der Waals surface area contributed by atoms with Crippen molar-refractivity contribution < 1.29 is 8.78 Å². The third-order valence-electron chi connectivity index (χ3n) is 3.03. The van der Waals surface area contributed by atoms with Gasteiger partial charge in [0.15, 0.2) is 0 Å². The zero-order chi connectivity index (χ0) is 11.5. The summed E-state index contributed by atoms with van der Waals surface area (Å²) in [4.78, 5) is -0.00261. The highest BCUT2D eigenvalue weighted by Gasteiger charge is 2.42. The van der Waals surface area contributed by atoms with Gasteiger partial charge < -0.3 is 0 Å². The molecular weight excluding hydrogens is 314 g/mol. The Morgan fingerprint density at radius 1 is 1.12 bits per heavy atom. The van der Waals surface area contributed by atoms with Crippen molar-refractivity contribution in [2.45, 2.75) is 41.7 Å². The first kappa shape index (κ1) is 13.1. The first-order valence-electron chi connectivity index (χ1n) is 5.59. The highest BCUT2D eigenvalue weighted by atomic mass is 79.9. The number of thioether (sulfide) groups is 1. The molecule has 0 N–H and O–H groups in total. The van der Waals surface area contributed by atoms with Gasteiger partial charge in [-0.05, 0) is 25.0 Å². The summed E-state index contributed by atoms with van der Waals surface area (Å²) < 4.78 is 27.9. The molecule has 0 radical (unpaired) electrons. The molecule has 1 heterocycles. The number of hydrogen-bond donors (Lipinski definition) is 0. The van der Waals surface area contributed by atoms with Gasteiger partial charge in [-0.25, -0.2) is 8.78 Å². The van der Waals surface area contributed by atoms with E-state index in [1.54, 1.807) is 22.9 Å². The maximum Gasteiger partial charge on any atom is 0.109 e. The van der Waals surface area contributed by atoms with Gasteiger partial charge >= 0.3 is 0 Å². The molecule has 0 spiro atoms. The number of rotatable bonds is 1. The summed E-state index contributed by atoms with van der Waals surface area (Å²) in [6.45, 7) is 0. The number of halogens is 3. The molecule has 0 aromatic carbocycles. The van der Waals surface area contributed by atoms with E-state index in [-0.39, 0.29) is 10.1 Å². The fourth-order valence-electron chi connectivity index (χ4n) is 2.21. The van der Waals surface area contributed by atoms with Crippen molar-refractivity contribution in [3.63, 3.8) is 0 Å². The van der Waals surface area contributed by atoms with Crippen LogP contribution in [0, 0.1) is 11.1 Å². The third-order valence-corrected chi connectivity index (χ3v) is 6.16. The average Bonchev–Trinajstić information content (AvgIpc) is 2.44. The van der Waals surface area contributed by atoms with Crippen molar-refractivity contribution in [1.82, 2.24) is 0 Å². The Labute approximate surface area is 112 Å². The molecule has 5 heteroatoms. The van der Waals surface area contributed by atoms with Crippen molar-refractivity contribution in [2.24, 2.45) is 5.92 Å². The third kappa shape index (κ3) is 3.12. The van der Waals surface area contributed by atoms with Crippen molar-refractivity contribution >= 4 is 38.9 Å². The van der Waals surface area contributed by atoms with E-state index in [4.69, 9.17) is 0 Å². The van der Waals surface area contributed by atoms with Crippen LogP contribution in [0.1, 0.15) is 19.3 Å². The normalized spacial score (nSPS) is 44.8. The fourth-order valence-corrected chi connectivity index (χ4v) is 5.44. The lowest BCUT2D eigenvalue weighted by molar-refractivity contribution is 0.0872. The van der Waals surface area contributed by atoms with Crippen LogP contribution in [0.5, 0.6) is 0 Å². The lowest BCUT2D eigenvalue weighted by Crippen LogP contribution is -2.41. The van der Waals surface area contributed by atoms with Gasteiger partial charge in [-0.15, -0.1) is 22.9 Å². The van der Waals surface area contributed by atoms with Crippen molar-refractivity contribution in [3.05, 3.63) is 0 Å². The summed E-state index contributed by atoms with van der Waals surface area (Å²) in [5.41, 5.74) is 0. The van der Waals surface area contributed by atoms with Crippen molar-refractivity contribution in [1.29, 1.82) is 0 Å². The number of hydrogen-bond acceptors (Lipinski definition) is 1. The van der Waals surface area contributed by atoms with Crippen LogP contribution < -0.4 is 0 Å². The highest BCUT2D eigenvalue weighted by molar-refractivity contribution is 9.09. The summed E-state index contributed by atoms with van der Waals surface area (Å²) in [7, 11) is 0. The van der Waals surface area contributed by atoms with Crippen LogP contribution in [0.3, 0.4) is 0 Å². The van der Waals surface area contributed by atoms with E-state index in [1.165, 1.54) is 0 Å². The van der Waals surface area contributed by atoms with Gasteiger partial charge in [-0.2, -0.15) is 0 Å². The van der Waals surface area contributed by atoms with Crippen molar-refractivity contribution in [3.8, 4) is 5.18 Å². The maximum atomic E-state index is 13.9. The quantitative estimate of drug-likeness (QED) is 0.655. The standard InChI is InChI=1S/C11H15BrF2S2/c12-7-4-8(13)11(9(14)5-7)10-6-15-2-1-3-16-10/h7-11H,1-5H2. The lowest BCUT2D eigenvalue weighted by atomic mass is 9.84. The van der Waals surface area contributed by atoms with Crippen LogP contribution in [0.4, 0.5) is 8.78 Å². The second-order valence-corrected chi connectivity index (χ2v) is 7.77. The predicted octanol–water partition coefficient (Wildman–Crippen LogP) is 4.03. The van der Waals surface area contributed by atoms with E-state index < -0.39 is 18.3 Å². The van der Waals surface area contributed by atoms with Crippen molar-refractivity contribution in [2.75, 3.05) is 11.5 Å². The Kier molecular flexibility index (Phi) is 4.95. The topological polar surface area (TPSA) is 0 Å². The molecule has 0 aromatic heterocycles. The van der Waals surface area contributed by atoms with Gasteiger partial charge in [-0.1, -0.05) is 21.1 Å². The molecule has 1 saturated carbocycles. The van der Waals surface area contributed by atoms with E-state index in [9.17, 15) is 8.78 Å². The zero-order valence-corrected chi connectivity index (χ0v) is 12.1. The smallest absolute Gasteiger partial charge is 0.109 e. The average molecular weight is 329 g/mol. The molecule has 1 fully saturated rings. The van der Waals surface area contributed by atoms with E-state index >= 15 is 0 Å². The molecule has 0 nitrogen and oxygen atoms in total. The molecule has 0 bridgehead atoms. The van der Waals surface area contributed by atoms with Gasteiger partial charge in [0, 0.05) is 16.5 Å². The summed E-state index contributed by atoms with van der Waals surface area (Å²) in [6.07, 6.45) is -0.0718. The largest absolute Gasteiger partial charge is 0.247 e. The molecule has 2 aliphatic rings. The second-order valence-electron chi connectivity index (χ2n) is 4.29. The first-order valence-corrected chi connectivity index (χ1v) is 8.54. The molecule has 3 atom stereocenters. The van der Waals surface area contributed by atoms with Crippen LogP contribution in [0.15, 0.2) is 0 Å². The lowest BCUT2D eigenvalue weighted by Gasteiger charge is -2.35. The van der Waals surface area contributed by atoms with Crippen LogP contribution in [-0.4, -0.2) is 33.9 Å². The molecule has 0 aromatic rings. The molecule has 0 saturated heterocycles. The molecule has 1 aliphatic carbocycles. The van der Waals surface area contributed by atoms with Crippen LogP contribution in [0.25, 0.3) is 0 Å². The van der Waals surface area contributed by atoms with Crippen LogP contribution in [-0.2, 0) is 0 Å². The first-order chi connectivity index (χ1) is 7.68. The van der Waals surface area contributed by atoms with E-state index in [0.717, 1.165) is 17.9 Å². The maximum absolute atomic E-state index is 13.9. The van der Waals surface area contributed by atoms with Crippen LogP contribution in [0.2, 0.25) is 0 Å². The van der Waals surface area contributed by atoms with Crippen LogP contribution >= 0.6 is 38.9 Å². The number of alkyl halides is 3. The molecule has 92 valence electrons. The molecule has 16 heavy (non-hydrogen) atoms. The Hall–Kier alpha value is 0.690. The minimum Gasteiger partial charge on any atom is -0.247 e. The summed E-state index contributed by atoms with van der Waals surface area (Å²) in [5.74, 6) is 1.55. The van der Waals surface area contributed by atoms with Gasteiger partial charge in [-0.3, -0.25) is 0 Å². The summed E-state index contributed by atoms with van der Waals surface area (Å²) in [5, 5.41) is 3.14. The Bertz CT molecular complexity index is 290. The molecule has 0 amide bonds. The Morgan fingerprint density at radius 2 is 1.81 bits per heavy atom. The monoisotopic (exact) mass is 328 g/mol. The molecular formula is C11H15BrF2S2. The summed E-state index contributed by atoms with van der Waals surface area (Å²) in [6, 6.07) is 0. The van der Waals surface area contributed by atoms with Gasteiger partial charge in [0.25, 0.3) is 0 Å². The minimum absolute atomic E-state index is 0.00261. The molecule has 3 unspecified atom stereocenters. The SMILES string of the molecule is FC1CC(Br)CC(F)C1C1C#SCCCS1. The minimum atomic E-state index is -1.03. The van der Waals surface area contributed by atoms with Gasteiger partial charge in [0.05, 0.1) is 5.25 Å².